The fraction of sp³-hybridized carbons (Fsp3) is 0.0476. The van der Waals surface area contributed by atoms with Gasteiger partial charge in [0.1, 0.15) is 0 Å². The molecule has 0 unspecified atom stereocenters. The fourth-order valence-corrected chi connectivity index (χ4v) is 3.23. The van der Waals surface area contributed by atoms with Crippen LogP contribution in [0, 0.1) is 6.92 Å². The van der Waals surface area contributed by atoms with E-state index in [1.807, 2.05) is 55.5 Å². The minimum Gasteiger partial charge on any atom is -0.478 e. The van der Waals surface area contributed by atoms with Gasteiger partial charge in [-0.05, 0) is 66.6 Å². The highest BCUT2D eigenvalue weighted by Gasteiger charge is 2.05. The molecule has 26 heavy (non-hydrogen) atoms. The molecule has 3 nitrogen and oxygen atoms in total. The van der Waals surface area contributed by atoms with Crippen molar-refractivity contribution in [2.45, 2.75) is 16.7 Å². The number of aromatic carboxylic acids is 1. The van der Waals surface area contributed by atoms with E-state index in [0.717, 1.165) is 25.9 Å². The summed E-state index contributed by atoms with van der Waals surface area (Å²) < 4.78 is 0. The van der Waals surface area contributed by atoms with E-state index in [0.29, 0.717) is 5.69 Å². The summed E-state index contributed by atoms with van der Waals surface area (Å²) in [5.41, 5.74) is 2.77. The van der Waals surface area contributed by atoms with Gasteiger partial charge in [0.15, 0.2) is 0 Å². The summed E-state index contributed by atoms with van der Waals surface area (Å²) in [6, 6.07) is 20.7. The van der Waals surface area contributed by atoms with E-state index in [1.54, 1.807) is 36.2 Å². The Morgan fingerprint density at radius 1 is 1.00 bits per heavy atom. The van der Waals surface area contributed by atoms with Crippen molar-refractivity contribution in [3.63, 3.8) is 0 Å². The molecule has 5 heteroatoms. The molecule has 0 aromatic heterocycles. The molecule has 0 aliphatic heterocycles. The number of aryl methyl sites for hydroxylation is 1. The van der Waals surface area contributed by atoms with Gasteiger partial charge in [-0.25, -0.2) is 4.79 Å². The van der Waals surface area contributed by atoms with Crippen molar-refractivity contribution in [3.05, 3.63) is 88.4 Å². The number of aliphatic imine (C=N–C) groups is 1. The molecule has 0 aliphatic rings. The highest BCUT2D eigenvalue weighted by molar-refractivity contribution is 7.99. The molecule has 0 bridgehead atoms. The first-order chi connectivity index (χ1) is 12.5. The van der Waals surface area contributed by atoms with Crippen LogP contribution in [-0.2, 0) is 0 Å². The second kappa shape index (κ2) is 8.21. The Bertz CT molecular complexity index is 951. The van der Waals surface area contributed by atoms with Crippen molar-refractivity contribution < 1.29 is 9.90 Å². The maximum Gasteiger partial charge on any atom is 0.335 e. The van der Waals surface area contributed by atoms with Gasteiger partial charge in [0.05, 0.1) is 11.3 Å². The van der Waals surface area contributed by atoms with Crippen molar-refractivity contribution in [1.29, 1.82) is 0 Å². The van der Waals surface area contributed by atoms with Gasteiger partial charge < -0.3 is 5.11 Å². The predicted octanol–water partition coefficient (Wildman–Crippen LogP) is 6.25. The topological polar surface area (TPSA) is 49.7 Å². The van der Waals surface area contributed by atoms with Crippen molar-refractivity contribution in [2.75, 3.05) is 0 Å². The molecule has 0 aliphatic carbocycles. The average Bonchev–Trinajstić information content (AvgIpc) is 2.64. The summed E-state index contributed by atoms with van der Waals surface area (Å²) in [4.78, 5) is 17.8. The smallest absolute Gasteiger partial charge is 0.335 e. The lowest BCUT2D eigenvalue weighted by Gasteiger charge is -2.03. The minimum atomic E-state index is -0.954. The molecule has 0 saturated carbocycles. The van der Waals surface area contributed by atoms with Crippen LogP contribution in [0.4, 0.5) is 5.69 Å². The molecule has 130 valence electrons. The summed E-state index contributed by atoms with van der Waals surface area (Å²) in [7, 11) is 0. The molecular weight excluding hydrogens is 366 g/mol. The highest BCUT2D eigenvalue weighted by Crippen LogP contribution is 2.28. The van der Waals surface area contributed by atoms with Crippen molar-refractivity contribution in [3.8, 4) is 0 Å². The van der Waals surface area contributed by atoms with Crippen LogP contribution in [0.25, 0.3) is 0 Å². The standard InChI is InChI=1S/C21H16ClNO2S/c1-14-2-5-16(21(24)25)12-20(14)23-13-15-3-8-18(9-4-15)26-19-10-6-17(22)7-11-19/h2-13H,1H3,(H,24,25). The Morgan fingerprint density at radius 2 is 1.62 bits per heavy atom. The Morgan fingerprint density at radius 3 is 2.23 bits per heavy atom. The lowest BCUT2D eigenvalue weighted by Crippen LogP contribution is -1.95. The van der Waals surface area contributed by atoms with E-state index in [9.17, 15) is 4.79 Å². The van der Waals surface area contributed by atoms with Gasteiger partial charge >= 0.3 is 5.97 Å². The predicted molar refractivity (Wildman–Crippen MR) is 107 cm³/mol. The van der Waals surface area contributed by atoms with E-state index >= 15 is 0 Å². The third-order valence-corrected chi connectivity index (χ3v) is 5.01. The van der Waals surface area contributed by atoms with Gasteiger partial charge in [-0.3, -0.25) is 4.99 Å². The second-order valence-electron chi connectivity index (χ2n) is 5.69. The molecular formula is C21H16ClNO2S. The molecule has 3 aromatic carbocycles. The van der Waals surface area contributed by atoms with Gasteiger partial charge in [0.25, 0.3) is 0 Å². The van der Waals surface area contributed by atoms with E-state index in [-0.39, 0.29) is 5.56 Å². The van der Waals surface area contributed by atoms with Crippen LogP contribution in [0.2, 0.25) is 5.02 Å². The molecule has 0 saturated heterocycles. The van der Waals surface area contributed by atoms with Crippen molar-refractivity contribution >= 4 is 41.2 Å². The zero-order chi connectivity index (χ0) is 18.5. The molecule has 3 rings (SSSR count). The molecule has 0 heterocycles. The van der Waals surface area contributed by atoms with E-state index < -0.39 is 5.97 Å². The summed E-state index contributed by atoms with van der Waals surface area (Å²) in [5.74, 6) is -0.954. The third-order valence-electron chi connectivity index (χ3n) is 3.74. The third kappa shape index (κ3) is 4.75. The van der Waals surface area contributed by atoms with Crippen molar-refractivity contribution in [1.82, 2.24) is 0 Å². The van der Waals surface area contributed by atoms with E-state index in [4.69, 9.17) is 16.7 Å². The molecule has 0 radical (unpaired) electrons. The summed E-state index contributed by atoms with van der Waals surface area (Å²) >= 11 is 7.56. The SMILES string of the molecule is Cc1ccc(C(=O)O)cc1N=Cc1ccc(Sc2ccc(Cl)cc2)cc1. The molecule has 0 spiro atoms. The number of carboxylic acid groups (broad SMARTS) is 1. The number of carboxylic acids is 1. The van der Waals surface area contributed by atoms with Gasteiger partial charge in [-0.15, -0.1) is 0 Å². The lowest BCUT2D eigenvalue weighted by molar-refractivity contribution is 0.0697. The Kier molecular flexibility index (Phi) is 5.76. The first-order valence-electron chi connectivity index (χ1n) is 7.93. The number of rotatable bonds is 5. The Labute approximate surface area is 161 Å². The van der Waals surface area contributed by atoms with Crippen LogP contribution in [0.15, 0.2) is 81.5 Å². The monoisotopic (exact) mass is 381 g/mol. The van der Waals surface area contributed by atoms with Crippen LogP contribution in [-0.4, -0.2) is 17.3 Å². The number of hydrogen-bond donors (Lipinski definition) is 1. The molecule has 0 fully saturated rings. The van der Waals surface area contributed by atoms with Crippen LogP contribution >= 0.6 is 23.4 Å². The number of carbonyl (C=O) groups is 1. The van der Waals surface area contributed by atoms with Crippen LogP contribution in [0.5, 0.6) is 0 Å². The first-order valence-corrected chi connectivity index (χ1v) is 9.12. The first kappa shape index (κ1) is 18.2. The lowest BCUT2D eigenvalue weighted by atomic mass is 10.1. The minimum absolute atomic E-state index is 0.234. The second-order valence-corrected chi connectivity index (χ2v) is 7.27. The van der Waals surface area contributed by atoms with Gasteiger partial charge in [0, 0.05) is 21.0 Å². The summed E-state index contributed by atoms with van der Waals surface area (Å²) in [6.45, 7) is 1.91. The number of hydrogen-bond acceptors (Lipinski definition) is 3. The normalized spacial score (nSPS) is 11.0. The Hall–Kier alpha value is -2.56. The largest absolute Gasteiger partial charge is 0.478 e. The molecule has 0 atom stereocenters. The number of halogens is 1. The van der Waals surface area contributed by atoms with E-state index in [2.05, 4.69) is 4.99 Å². The average molecular weight is 382 g/mol. The van der Waals surface area contributed by atoms with Crippen LogP contribution in [0.1, 0.15) is 21.5 Å². The maximum absolute atomic E-state index is 11.1. The molecule has 3 aromatic rings. The highest BCUT2D eigenvalue weighted by atomic mass is 35.5. The summed E-state index contributed by atoms with van der Waals surface area (Å²) in [5, 5.41) is 9.82. The zero-order valence-corrected chi connectivity index (χ0v) is 15.6. The molecule has 0 amide bonds. The van der Waals surface area contributed by atoms with Crippen LogP contribution in [0.3, 0.4) is 0 Å². The summed E-state index contributed by atoms with van der Waals surface area (Å²) in [6.07, 6.45) is 1.74. The van der Waals surface area contributed by atoms with Gasteiger partial charge in [-0.2, -0.15) is 0 Å². The maximum atomic E-state index is 11.1. The van der Waals surface area contributed by atoms with Gasteiger partial charge in [-0.1, -0.05) is 41.6 Å². The van der Waals surface area contributed by atoms with Crippen molar-refractivity contribution in [2.24, 2.45) is 4.99 Å². The Balaban J connectivity index is 1.73. The molecule has 1 N–H and O–H groups in total. The zero-order valence-electron chi connectivity index (χ0n) is 14.0. The fourth-order valence-electron chi connectivity index (χ4n) is 2.29. The number of nitrogens with zero attached hydrogens (tertiary/aromatic N) is 1. The number of benzene rings is 3. The quantitative estimate of drug-likeness (QED) is 0.531. The van der Waals surface area contributed by atoms with Gasteiger partial charge in [0.2, 0.25) is 0 Å². The van der Waals surface area contributed by atoms with Crippen LogP contribution < -0.4 is 0 Å². The van der Waals surface area contributed by atoms with E-state index in [1.165, 1.54) is 0 Å².